The first-order valence-corrected chi connectivity index (χ1v) is 9.45. The van der Waals surface area contributed by atoms with Crippen molar-refractivity contribution >= 4 is 11.9 Å². The number of hydrogen-bond donors (Lipinski definition) is 1. The lowest BCUT2D eigenvalue weighted by atomic mass is 9.80. The van der Waals surface area contributed by atoms with Crippen molar-refractivity contribution in [3.8, 4) is 0 Å². The monoisotopic (exact) mass is 328 g/mol. The molecule has 0 aliphatic heterocycles. The van der Waals surface area contributed by atoms with E-state index in [2.05, 4.69) is 6.92 Å². The van der Waals surface area contributed by atoms with Gasteiger partial charge in [-0.1, -0.05) is 78.1 Å². The highest BCUT2D eigenvalue weighted by molar-refractivity contribution is 5.99. The quantitative estimate of drug-likeness (QED) is 0.250. The predicted molar refractivity (Wildman–Crippen MR) is 93.5 cm³/mol. The molecule has 0 aromatic carbocycles. The molecule has 1 N–H and O–H groups in total. The van der Waals surface area contributed by atoms with E-state index in [1.54, 1.807) is 13.8 Å². The van der Waals surface area contributed by atoms with Crippen LogP contribution in [0.5, 0.6) is 0 Å². The summed E-state index contributed by atoms with van der Waals surface area (Å²) < 4.78 is 4.98. The average Bonchev–Trinajstić information content (AvgIpc) is 2.53. The van der Waals surface area contributed by atoms with Gasteiger partial charge in [0.1, 0.15) is 0 Å². The van der Waals surface area contributed by atoms with Gasteiger partial charge in [0.2, 0.25) is 0 Å². The Morgan fingerprint density at radius 1 is 0.826 bits per heavy atom. The molecule has 4 heteroatoms. The van der Waals surface area contributed by atoms with Gasteiger partial charge in [-0.15, -0.1) is 0 Å². The van der Waals surface area contributed by atoms with Crippen LogP contribution in [0.4, 0.5) is 0 Å². The van der Waals surface area contributed by atoms with Crippen LogP contribution in [0, 0.1) is 5.41 Å². The van der Waals surface area contributed by atoms with Crippen LogP contribution in [0.15, 0.2) is 0 Å². The maximum atomic E-state index is 12.0. The van der Waals surface area contributed by atoms with E-state index in [-0.39, 0.29) is 6.61 Å². The van der Waals surface area contributed by atoms with Crippen LogP contribution in [0.3, 0.4) is 0 Å². The Hall–Kier alpha value is -1.06. The minimum atomic E-state index is -1.35. The fraction of sp³-hybridized carbons (Fsp3) is 0.895. The molecule has 0 heterocycles. The molecule has 0 fully saturated rings. The van der Waals surface area contributed by atoms with Crippen molar-refractivity contribution in [1.29, 1.82) is 0 Å². The lowest BCUT2D eigenvalue weighted by Crippen LogP contribution is -2.40. The molecule has 136 valence electrons. The van der Waals surface area contributed by atoms with Crippen LogP contribution >= 0.6 is 0 Å². The fourth-order valence-electron chi connectivity index (χ4n) is 2.95. The highest BCUT2D eigenvalue weighted by atomic mass is 16.5. The number of carboxylic acids is 1. The zero-order chi connectivity index (χ0) is 17.6. The third kappa shape index (κ3) is 8.38. The highest BCUT2D eigenvalue weighted by Crippen LogP contribution is 2.31. The topological polar surface area (TPSA) is 63.6 Å². The number of carboxylic acid groups (broad SMARTS) is 1. The van der Waals surface area contributed by atoms with E-state index in [1.807, 2.05) is 0 Å². The molecule has 23 heavy (non-hydrogen) atoms. The van der Waals surface area contributed by atoms with Crippen molar-refractivity contribution in [3.63, 3.8) is 0 Å². The van der Waals surface area contributed by atoms with E-state index < -0.39 is 17.4 Å². The average molecular weight is 328 g/mol. The third-order valence-corrected chi connectivity index (χ3v) is 4.64. The summed E-state index contributed by atoms with van der Waals surface area (Å²) in [6.45, 7) is 5.91. The van der Waals surface area contributed by atoms with Gasteiger partial charge >= 0.3 is 11.9 Å². The van der Waals surface area contributed by atoms with Gasteiger partial charge in [-0.2, -0.15) is 0 Å². The number of esters is 1. The van der Waals surface area contributed by atoms with Gasteiger partial charge in [-0.25, -0.2) is 0 Å². The number of aliphatic carboxylic acids is 1. The van der Waals surface area contributed by atoms with Crippen LogP contribution in [0.1, 0.15) is 97.8 Å². The van der Waals surface area contributed by atoms with E-state index in [0.717, 1.165) is 19.3 Å². The molecule has 0 saturated heterocycles. The molecule has 0 bridgehead atoms. The molecule has 0 aromatic rings. The van der Waals surface area contributed by atoms with Crippen molar-refractivity contribution in [2.24, 2.45) is 5.41 Å². The SMILES string of the molecule is CCCCCCCCCCCCC(CC)(C(=O)O)C(=O)OCC. The number of carbonyl (C=O) groups is 2. The molecular weight excluding hydrogens is 292 g/mol. The number of rotatable bonds is 15. The smallest absolute Gasteiger partial charge is 0.323 e. The Kier molecular flexibility index (Phi) is 12.8. The largest absolute Gasteiger partial charge is 0.480 e. The van der Waals surface area contributed by atoms with Gasteiger partial charge in [0.15, 0.2) is 5.41 Å². The number of hydrogen-bond acceptors (Lipinski definition) is 3. The van der Waals surface area contributed by atoms with Crippen LogP contribution in [0.25, 0.3) is 0 Å². The van der Waals surface area contributed by atoms with Gasteiger partial charge in [-0.05, 0) is 19.8 Å². The van der Waals surface area contributed by atoms with E-state index in [4.69, 9.17) is 4.74 Å². The summed E-state index contributed by atoms with van der Waals surface area (Å²) in [5.74, 6) is -1.62. The minimum absolute atomic E-state index is 0.228. The highest BCUT2D eigenvalue weighted by Gasteiger charge is 2.45. The van der Waals surface area contributed by atoms with Crippen molar-refractivity contribution in [2.75, 3.05) is 6.61 Å². The summed E-state index contributed by atoms with van der Waals surface area (Å²) in [6.07, 6.45) is 12.6. The van der Waals surface area contributed by atoms with Gasteiger partial charge in [0.05, 0.1) is 6.61 Å². The molecule has 0 aliphatic carbocycles. The first-order chi connectivity index (χ1) is 11.0. The van der Waals surface area contributed by atoms with Crippen molar-refractivity contribution in [3.05, 3.63) is 0 Å². The minimum Gasteiger partial charge on any atom is -0.480 e. The van der Waals surface area contributed by atoms with E-state index in [1.165, 1.54) is 44.9 Å². The number of ether oxygens (including phenoxy) is 1. The van der Waals surface area contributed by atoms with Crippen LogP contribution < -0.4 is 0 Å². The van der Waals surface area contributed by atoms with Crippen molar-refractivity contribution in [1.82, 2.24) is 0 Å². The molecule has 0 amide bonds. The Balaban J connectivity index is 3.96. The molecular formula is C19H36O4. The Morgan fingerprint density at radius 3 is 1.70 bits per heavy atom. The molecule has 0 aromatic heterocycles. The molecule has 0 aliphatic rings. The Bertz CT molecular complexity index is 327. The number of unbranched alkanes of at least 4 members (excludes halogenated alkanes) is 9. The second-order valence-corrected chi connectivity index (χ2v) is 6.39. The zero-order valence-electron chi connectivity index (χ0n) is 15.4. The zero-order valence-corrected chi connectivity index (χ0v) is 15.4. The molecule has 4 nitrogen and oxygen atoms in total. The van der Waals surface area contributed by atoms with Crippen molar-refractivity contribution < 1.29 is 19.4 Å². The first-order valence-electron chi connectivity index (χ1n) is 9.45. The van der Waals surface area contributed by atoms with E-state index in [0.29, 0.717) is 12.8 Å². The second kappa shape index (κ2) is 13.4. The lowest BCUT2D eigenvalue weighted by molar-refractivity contribution is -0.169. The molecule has 1 atom stereocenters. The predicted octanol–water partition coefficient (Wildman–Crippen LogP) is 5.34. The molecule has 0 spiro atoms. The fourth-order valence-corrected chi connectivity index (χ4v) is 2.95. The summed E-state index contributed by atoms with van der Waals surface area (Å²) in [5.41, 5.74) is -1.35. The molecule has 0 saturated carbocycles. The second-order valence-electron chi connectivity index (χ2n) is 6.39. The molecule has 0 radical (unpaired) electrons. The Morgan fingerprint density at radius 2 is 1.30 bits per heavy atom. The van der Waals surface area contributed by atoms with E-state index in [9.17, 15) is 14.7 Å². The molecule has 1 unspecified atom stereocenters. The van der Waals surface area contributed by atoms with Gasteiger partial charge in [-0.3, -0.25) is 9.59 Å². The summed E-state index contributed by atoms with van der Waals surface area (Å²) in [7, 11) is 0. The van der Waals surface area contributed by atoms with Crippen LogP contribution in [-0.4, -0.2) is 23.7 Å². The van der Waals surface area contributed by atoms with Gasteiger partial charge < -0.3 is 9.84 Å². The van der Waals surface area contributed by atoms with Gasteiger partial charge in [0, 0.05) is 0 Å². The maximum absolute atomic E-state index is 12.0. The van der Waals surface area contributed by atoms with Crippen LogP contribution in [0.2, 0.25) is 0 Å². The third-order valence-electron chi connectivity index (χ3n) is 4.64. The number of carbonyl (C=O) groups excluding carboxylic acids is 1. The van der Waals surface area contributed by atoms with Gasteiger partial charge in [0.25, 0.3) is 0 Å². The van der Waals surface area contributed by atoms with E-state index >= 15 is 0 Å². The summed E-state index contributed by atoms with van der Waals surface area (Å²) >= 11 is 0. The normalized spacial score (nSPS) is 13.5. The van der Waals surface area contributed by atoms with Crippen LogP contribution in [-0.2, 0) is 14.3 Å². The first kappa shape index (κ1) is 21.9. The Labute approximate surface area is 142 Å². The summed E-state index contributed by atoms with van der Waals surface area (Å²) in [6, 6.07) is 0. The standard InChI is InChI=1S/C19H36O4/c1-4-7-8-9-10-11-12-13-14-15-16-19(5-2,17(20)21)18(22)23-6-3/h4-16H2,1-3H3,(H,20,21). The summed E-state index contributed by atoms with van der Waals surface area (Å²) in [4.78, 5) is 23.6. The molecule has 0 rings (SSSR count). The van der Waals surface area contributed by atoms with Crippen molar-refractivity contribution in [2.45, 2.75) is 97.8 Å². The lowest BCUT2D eigenvalue weighted by Gasteiger charge is -2.25. The summed E-state index contributed by atoms with van der Waals surface area (Å²) in [5, 5.41) is 9.46. The maximum Gasteiger partial charge on any atom is 0.323 e.